The van der Waals surface area contributed by atoms with Crippen molar-refractivity contribution in [2.75, 3.05) is 6.54 Å². The van der Waals surface area contributed by atoms with Crippen molar-refractivity contribution in [1.29, 1.82) is 0 Å². The predicted octanol–water partition coefficient (Wildman–Crippen LogP) is 3.38. The normalized spacial score (nSPS) is 11.2. The quantitative estimate of drug-likeness (QED) is 0.909. The van der Waals surface area contributed by atoms with Crippen LogP contribution >= 0.6 is 0 Å². The van der Waals surface area contributed by atoms with Crippen LogP contribution in [-0.2, 0) is 12.6 Å². The van der Waals surface area contributed by atoms with Gasteiger partial charge < -0.3 is 10.4 Å². The molecule has 0 aliphatic rings. The Morgan fingerprint density at radius 1 is 1.05 bits per heavy atom. The van der Waals surface area contributed by atoms with E-state index in [0.29, 0.717) is 12.0 Å². The number of benzene rings is 2. The summed E-state index contributed by atoms with van der Waals surface area (Å²) in [5.74, 6) is -0.310. The summed E-state index contributed by atoms with van der Waals surface area (Å²) in [6, 6.07) is 10.8. The Bertz CT molecular complexity index is 651. The fourth-order valence-corrected chi connectivity index (χ4v) is 1.95. The highest BCUT2D eigenvalue weighted by Gasteiger charge is 2.30. The number of halogens is 3. The van der Waals surface area contributed by atoms with Crippen molar-refractivity contribution in [2.45, 2.75) is 12.6 Å². The minimum Gasteiger partial charge on any atom is -0.508 e. The van der Waals surface area contributed by atoms with Gasteiger partial charge in [-0.3, -0.25) is 4.79 Å². The maximum absolute atomic E-state index is 12.4. The lowest BCUT2D eigenvalue weighted by Gasteiger charge is -2.09. The van der Waals surface area contributed by atoms with Gasteiger partial charge in [-0.05, 0) is 42.3 Å². The molecule has 0 bridgehead atoms. The molecule has 3 nitrogen and oxygen atoms in total. The summed E-state index contributed by atoms with van der Waals surface area (Å²) < 4.78 is 37.3. The van der Waals surface area contributed by atoms with Gasteiger partial charge in [-0.1, -0.05) is 18.2 Å². The van der Waals surface area contributed by atoms with Crippen LogP contribution in [0.15, 0.2) is 48.5 Å². The van der Waals surface area contributed by atoms with E-state index in [1.807, 2.05) is 0 Å². The van der Waals surface area contributed by atoms with Crippen molar-refractivity contribution in [3.63, 3.8) is 0 Å². The van der Waals surface area contributed by atoms with Crippen molar-refractivity contribution in [3.8, 4) is 5.75 Å². The SMILES string of the molecule is O=C(NCCc1ccccc1O)c1ccc(C(F)(F)F)cc1. The van der Waals surface area contributed by atoms with Crippen LogP contribution < -0.4 is 5.32 Å². The van der Waals surface area contributed by atoms with Crippen molar-refractivity contribution in [1.82, 2.24) is 5.32 Å². The van der Waals surface area contributed by atoms with Crippen LogP contribution in [0.1, 0.15) is 21.5 Å². The number of hydrogen-bond donors (Lipinski definition) is 2. The zero-order valence-corrected chi connectivity index (χ0v) is 11.5. The van der Waals surface area contributed by atoms with Gasteiger partial charge in [0.05, 0.1) is 5.56 Å². The average Bonchev–Trinajstić information content (AvgIpc) is 2.48. The van der Waals surface area contributed by atoms with Gasteiger partial charge >= 0.3 is 6.18 Å². The number of hydrogen-bond acceptors (Lipinski definition) is 2. The molecule has 0 aliphatic carbocycles. The Hall–Kier alpha value is -2.50. The third-order valence-electron chi connectivity index (χ3n) is 3.15. The maximum atomic E-state index is 12.4. The lowest BCUT2D eigenvalue weighted by atomic mass is 10.1. The van der Waals surface area contributed by atoms with Crippen LogP contribution in [0.4, 0.5) is 13.2 Å². The summed E-state index contributed by atoms with van der Waals surface area (Å²) >= 11 is 0. The predicted molar refractivity (Wildman–Crippen MR) is 75.6 cm³/mol. The molecule has 0 fully saturated rings. The highest BCUT2D eigenvalue weighted by molar-refractivity contribution is 5.94. The number of aromatic hydroxyl groups is 1. The molecule has 6 heteroatoms. The lowest BCUT2D eigenvalue weighted by molar-refractivity contribution is -0.137. The van der Waals surface area contributed by atoms with Gasteiger partial charge in [-0.25, -0.2) is 0 Å². The Kier molecular flexibility index (Phi) is 4.70. The molecule has 0 aliphatic heterocycles. The molecular formula is C16H14F3NO2. The van der Waals surface area contributed by atoms with Gasteiger partial charge in [0, 0.05) is 12.1 Å². The molecule has 1 amide bonds. The van der Waals surface area contributed by atoms with E-state index in [1.54, 1.807) is 24.3 Å². The second-order valence-electron chi connectivity index (χ2n) is 4.71. The smallest absolute Gasteiger partial charge is 0.416 e. The second-order valence-corrected chi connectivity index (χ2v) is 4.71. The molecule has 116 valence electrons. The zero-order valence-electron chi connectivity index (χ0n) is 11.5. The number of carbonyl (C=O) groups is 1. The number of nitrogens with one attached hydrogen (secondary N) is 1. The molecule has 0 atom stereocenters. The molecule has 2 aromatic carbocycles. The number of phenols is 1. The van der Waals surface area contributed by atoms with E-state index in [9.17, 15) is 23.1 Å². The van der Waals surface area contributed by atoms with Crippen LogP contribution in [0, 0.1) is 0 Å². The van der Waals surface area contributed by atoms with Crippen LogP contribution in [0.3, 0.4) is 0 Å². The molecule has 0 radical (unpaired) electrons. The molecule has 2 N–H and O–H groups in total. The summed E-state index contributed by atoms with van der Waals surface area (Å²) in [6.45, 7) is 0.275. The molecule has 0 saturated carbocycles. The first kappa shape index (κ1) is 15.9. The van der Waals surface area contributed by atoms with Crippen LogP contribution in [0.25, 0.3) is 0 Å². The minimum absolute atomic E-state index is 0.145. The Balaban J connectivity index is 1.91. The number of alkyl halides is 3. The maximum Gasteiger partial charge on any atom is 0.416 e. The van der Waals surface area contributed by atoms with Crippen molar-refractivity contribution in [3.05, 3.63) is 65.2 Å². The third-order valence-corrected chi connectivity index (χ3v) is 3.15. The first-order valence-corrected chi connectivity index (χ1v) is 6.60. The third kappa shape index (κ3) is 4.00. The second kappa shape index (κ2) is 6.51. The standard InChI is InChI=1S/C16H14F3NO2/c17-16(18,19)13-7-5-12(6-8-13)15(22)20-10-9-11-3-1-2-4-14(11)21/h1-8,21H,9-10H2,(H,20,22). The molecule has 2 aromatic rings. The highest BCUT2D eigenvalue weighted by Crippen LogP contribution is 2.29. The van der Waals surface area contributed by atoms with E-state index in [0.717, 1.165) is 24.3 Å². The van der Waals surface area contributed by atoms with Crippen LogP contribution in [-0.4, -0.2) is 17.6 Å². The summed E-state index contributed by atoms with van der Waals surface area (Å²) in [5, 5.41) is 12.2. The molecule has 0 saturated heterocycles. The fraction of sp³-hybridized carbons (Fsp3) is 0.188. The van der Waals surface area contributed by atoms with E-state index in [4.69, 9.17) is 0 Å². The first-order valence-electron chi connectivity index (χ1n) is 6.60. The van der Waals surface area contributed by atoms with E-state index in [1.165, 1.54) is 0 Å². The van der Waals surface area contributed by atoms with E-state index >= 15 is 0 Å². The number of carbonyl (C=O) groups excluding carboxylic acids is 1. The van der Waals surface area contributed by atoms with E-state index < -0.39 is 17.6 Å². The van der Waals surface area contributed by atoms with Gasteiger partial charge in [-0.15, -0.1) is 0 Å². The molecule has 2 rings (SSSR count). The minimum atomic E-state index is -4.42. The topological polar surface area (TPSA) is 49.3 Å². The molecular weight excluding hydrogens is 295 g/mol. The fourth-order valence-electron chi connectivity index (χ4n) is 1.95. The van der Waals surface area contributed by atoms with Gasteiger partial charge in [0.1, 0.15) is 5.75 Å². The Morgan fingerprint density at radius 2 is 1.68 bits per heavy atom. The van der Waals surface area contributed by atoms with Gasteiger partial charge in [0.2, 0.25) is 0 Å². The average molecular weight is 309 g/mol. The highest BCUT2D eigenvalue weighted by atomic mass is 19.4. The number of rotatable bonds is 4. The van der Waals surface area contributed by atoms with Crippen molar-refractivity contribution >= 4 is 5.91 Å². The van der Waals surface area contributed by atoms with E-state index in [2.05, 4.69) is 5.32 Å². The van der Waals surface area contributed by atoms with Crippen molar-refractivity contribution < 1.29 is 23.1 Å². The summed E-state index contributed by atoms with van der Waals surface area (Å²) in [7, 11) is 0. The van der Waals surface area contributed by atoms with Crippen LogP contribution in [0.5, 0.6) is 5.75 Å². The van der Waals surface area contributed by atoms with Gasteiger partial charge in [0.15, 0.2) is 0 Å². The monoisotopic (exact) mass is 309 g/mol. The molecule has 0 spiro atoms. The zero-order chi connectivity index (χ0) is 16.2. The summed E-state index contributed by atoms with van der Waals surface area (Å²) in [4.78, 5) is 11.8. The van der Waals surface area contributed by atoms with Crippen molar-refractivity contribution in [2.24, 2.45) is 0 Å². The Morgan fingerprint density at radius 3 is 2.27 bits per heavy atom. The molecule has 0 aromatic heterocycles. The number of para-hydroxylation sites is 1. The summed E-state index contributed by atoms with van der Waals surface area (Å²) in [6.07, 6.45) is -3.99. The van der Waals surface area contributed by atoms with Gasteiger partial charge in [0.25, 0.3) is 5.91 Å². The Labute approximate surface area is 125 Å². The van der Waals surface area contributed by atoms with E-state index in [-0.39, 0.29) is 17.9 Å². The molecule has 0 unspecified atom stereocenters. The first-order chi connectivity index (χ1) is 10.4. The molecule has 22 heavy (non-hydrogen) atoms. The number of amides is 1. The molecule has 0 heterocycles. The largest absolute Gasteiger partial charge is 0.508 e. The number of phenolic OH excluding ortho intramolecular Hbond substituents is 1. The van der Waals surface area contributed by atoms with Gasteiger partial charge in [-0.2, -0.15) is 13.2 Å². The van der Waals surface area contributed by atoms with Crippen LogP contribution in [0.2, 0.25) is 0 Å². The summed E-state index contributed by atoms with van der Waals surface area (Å²) in [5.41, 5.74) is 0.0544. The lowest BCUT2D eigenvalue weighted by Crippen LogP contribution is -2.25.